The molecule has 0 aromatic carbocycles. The van der Waals surface area contributed by atoms with Gasteiger partial charge in [0.15, 0.2) is 0 Å². The monoisotopic (exact) mass is 217 g/mol. The summed E-state index contributed by atoms with van der Waals surface area (Å²) in [7, 11) is 0. The van der Waals surface area contributed by atoms with E-state index in [1.54, 1.807) is 0 Å². The molecule has 1 rings (SSSR count). The Bertz CT molecular complexity index is 235. The van der Waals surface area contributed by atoms with Crippen LogP contribution in [0.3, 0.4) is 0 Å². The number of aliphatic carboxylic acids is 1. The van der Waals surface area contributed by atoms with Gasteiger partial charge in [0, 0.05) is 6.04 Å². The molecule has 0 aromatic heterocycles. The second kappa shape index (κ2) is 5.55. The van der Waals surface area contributed by atoms with Gasteiger partial charge < -0.3 is 20.3 Å². The third kappa shape index (κ3) is 4.64. The van der Waals surface area contributed by atoms with Gasteiger partial charge in [-0.15, -0.1) is 0 Å². The molecule has 1 aliphatic carbocycles. The Kier molecular flexibility index (Phi) is 4.36. The molecule has 0 heterocycles. The fourth-order valence-corrected chi connectivity index (χ4v) is 1.74. The van der Waals surface area contributed by atoms with E-state index in [4.69, 9.17) is 14.9 Å². The van der Waals surface area contributed by atoms with E-state index in [0.29, 0.717) is 25.7 Å². The molecular formula is C9H15NO5. The van der Waals surface area contributed by atoms with Crippen molar-refractivity contribution in [3.63, 3.8) is 0 Å². The summed E-state index contributed by atoms with van der Waals surface area (Å²) in [4.78, 5) is 20.6. The fraction of sp³-hybridized carbons (Fsp3) is 0.778. The quantitative estimate of drug-likeness (QED) is 0.643. The van der Waals surface area contributed by atoms with Crippen molar-refractivity contribution in [3.05, 3.63) is 0 Å². The average Bonchev–Trinajstić information content (AvgIpc) is 2.16. The van der Waals surface area contributed by atoms with E-state index in [-0.39, 0.29) is 18.8 Å². The molecule has 0 radical (unpaired) electrons. The molecule has 3 N–H and O–H groups in total. The number of carboxylic acid groups (broad SMARTS) is 2. The van der Waals surface area contributed by atoms with Gasteiger partial charge in [-0.1, -0.05) is 0 Å². The average molecular weight is 217 g/mol. The van der Waals surface area contributed by atoms with Gasteiger partial charge >= 0.3 is 12.1 Å². The molecule has 1 saturated carbocycles. The van der Waals surface area contributed by atoms with Crippen LogP contribution in [0.4, 0.5) is 4.79 Å². The summed E-state index contributed by atoms with van der Waals surface area (Å²) in [6.45, 7) is -0.276. The number of rotatable bonds is 4. The molecule has 0 saturated heterocycles. The SMILES string of the molecule is O=C(O)COC1CCC(NC(=O)O)CC1. The maximum atomic E-state index is 10.3. The Labute approximate surface area is 87.2 Å². The summed E-state index contributed by atoms with van der Waals surface area (Å²) in [6, 6.07) is -0.0211. The maximum Gasteiger partial charge on any atom is 0.404 e. The topological polar surface area (TPSA) is 95.9 Å². The Hall–Kier alpha value is -1.30. The van der Waals surface area contributed by atoms with Crippen molar-refractivity contribution >= 4 is 12.1 Å². The van der Waals surface area contributed by atoms with Crippen LogP contribution in [0, 0.1) is 0 Å². The van der Waals surface area contributed by atoms with Crippen LogP contribution in [0.15, 0.2) is 0 Å². The first-order valence-electron chi connectivity index (χ1n) is 4.91. The normalized spacial score (nSPS) is 25.9. The molecule has 1 amide bonds. The summed E-state index contributed by atoms with van der Waals surface area (Å²) in [5.41, 5.74) is 0. The van der Waals surface area contributed by atoms with Crippen LogP contribution < -0.4 is 5.32 Å². The zero-order valence-corrected chi connectivity index (χ0v) is 8.31. The van der Waals surface area contributed by atoms with Gasteiger partial charge in [0.05, 0.1) is 6.10 Å². The highest BCUT2D eigenvalue weighted by atomic mass is 16.5. The lowest BCUT2D eigenvalue weighted by molar-refractivity contribution is -0.145. The predicted octanol–water partition coefficient (Wildman–Crippen LogP) is 0.666. The molecule has 0 unspecified atom stereocenters. The van der Waals surface area contributed by atoms with Gasteiger partial charge in [-0.2, -0.15) is 0 Å². The molecule has 0 spiro atoms. The lowest BCUT2D eigenvalue weighted by atomic mass is 9.93. The van der Waals surface area contributed by atoms with Crippen LogP contribution in [-0.2, 0) is 9.53 Å². The molecule has 1 aliphatic rings. The third-order valence-corrected chi connectivity index (χ3v) is 2.44. The largest absolute Gasteiger partial charge is 0.480 e. The third-order valence-electron chi connectivity index (χ3n) is 2.44. The number of carboxylic acids is 1. The molecule has 0 aromatic rings. The molecule has 6 nitrogen and oxygen atoms in total. The number of ether oxygens (including phenoxy) is 1. The summed E-state index contributed by atoms with van der Waals surface area (Å²) in [6.07, 6.45) is 1.77. The summed E-state index contributed by atoms with van der Waals surface area (Å²) < 4.78 is 5.12. The zero-order valence-electron chi connectivity index (χ0n) is 8.31. The van der Waals surface area contributed by atoms with Crippen LogP contribution in [0.25, 0.3) is 0 Å². The van der Waals surface area contributed by atoms with Crippen LogP contribution in [-0.4, -0.2) is 41.0 Å². The van der Waals surface area contributed by atoms with Crippen molar-refractivity contribution in [3.8, 4) is 0 Å². The minimum atomic E-state index is -1.01. The first-order chi connectivity index (χ1) is 7.08. The minimum absolute atomic E-state index is 0.0211. The number of amides is 1. The number of carbonyl (C=O) groups is 2. The van der Waals surface area contributed by atoms with Crippen LogP contribution >= 0.6 is 0 Å². The first kappa shape index (κ1) is 11.8. The fourth-order valence-electron chi connectivity index (χ4n) is 1.74. The number of nitrogens with one attached hydrogen (secondary N) is 1. The summed E-state index contributed by atoms with van der Waals surface area (Å²) in [5, 5.41) is 19.3. The van der Waals surface area contributed by atoms with Gasteiger partial charge in [0.25, 0.3) is 0 Å². The predicted molar refractivity (Wildman–Crippen MR) is 50.8 cm³/mol. The standard InChI is InChI=1S/C9H15NO5/c11-8(12)5-15-7-3-1-6(2-4-7)10-9(13)14/h6-7,10H,1-5H2,(H,11,12)(H,13,14). The van der Waals surface area contributed by atoms with Gasteiger partial charge in [0.1, 0.15) is 6.61 Å². The van der Waals surface area contributed by atoms with Crippen molar-refractivity contribution in [2.75, 3.05) is 6.61 Å². The second-order valence-electron chi connectivity index (χ2n) is 3.63. The first-order valence-corrected chi connectivity index (χ1v) is 4.91. The lowest BCUT2D eigenvalue weighted by Crippen LogP contribution is -2.38. The van der Waals surface area contributed by atoms with Crippen molar-refractivity contribution in [1.82, 2.24) is 5.32 Å². The highest BCUT2D eigenvalue weighted by molar-refractivity contribution is 5.68. The Morgan fingerprint density at radius 1 is 1.20 bits per heavy atom. The minimum Gasteiger partial charge on any atom is -0.480 e. The van der Waals surface area contributed by atoms with Gasteiger partial charge in [-0.05, 0) is 25.7 Å². The van der Waals surface area contributed by atoms with E-state index in [1.165, 1.54) is 0 Å². The van der Waals surface area contributed by atoms with Crippen LogP contribution in [0.2, 0.25) is 0 Å². The molecule has 1 fully saturated rings. The molecule has 0 atom stereocenters. The lowest BCUT2D eigenvalue weighted by Gasteiger charge is -2.27. The molecule has 6 heteroatoms. The van der Waals surface area contributed by atoms with E-state index in [2.05, 4.69) is 5.32 Å². The number of hydrogen-bond acceptors (Lipinski definition) is 3. The van der Waals surface area contributed by atoms with Crippen LogP contribution in [0.5, 0.6) is 0 Å². The second-order valence-corrected chi connectivity index (χ2v) is 3.63. The van der Waals surface area contributed by atoms with E-state index >= 15 is 0 Å². The van der Waals surface area contributed by atoms with Gasteiger partial charge in [-0.3, -0.25) is 0 Å². The van der Waals surface area contributed by atoms with E-state index in [0.717, 1.165) is 0 Å². The van der Waals surface area contributed by atoms with Gasteiger partial charge in [-0.25, -0.2) is 9.59 Å². The van der Waals surface area contributed by atoms with Crippen molar-refractivity contribution in [1.29, 1.82) is 0 Å². The maximum absolute atomic E-state index is 10.3. The van der Waals surface area contributed by atoms with Gasteiger partial charge in [0.2, 0.25) is 0 Å². The highest BCUT2D eigenvalue weighted by Gasteiger charge is 2.22. The van der Waals surface area contributed by atoms with E-state index < -0.39 is 12.1 Å². The Morgan fingerprint density at radius 2 is 1.80 bits per heavy atom. The smallest absolute Gasteiger partial charge is 0.404 e. The van der Waals surface area contributed by atoms with Crippen molar-refractivity contribution in [2.24, 2.45) is 0 Å². The zero-order chi connectivity index (χ0) is 11.3. The van der Waals surface area contributed by atoms with E-state index in [1.807, 2.05) is 0 Å². The number of hydrogen-bond donors (Lipinski definition) is 3. The molecule has 0 bridgehead atoms. The Balaban J connectivity index is 2.18. The molecule has 15 heavy (non-hydrogen) atoms. The van der Waals surface area contributed by atoms with Crippen LogP contribution in [0.1, 0.15) is 25.7 Å². The van der Waals surface area contributed by atoms with Crippen molar-refractivity contribution in [2.45, 2.75) is 37.8 Å². The van der Waals surface area contributed by atoms with E-state index in [9.17, 15) is 9.59 Å². The highest BCUT2D eigenvalue weighted by Crippen LogP contribution is 2.20. The Morgan fingerprint density at radius 3 is 2.27 bits per heavy atom. The molecule has 0 aliphatic heterocycles. The van der Waals surface area contributed by atoms with Crippen molar-refractivity contribution < 1.29 is 24.5 Å². The molecule has 86 valence electrons. The summed E-state index contributed by atoms with van der Waals surface area (Å²) in [5.74, 6) is -0.971. The molecular weight excluding hydrogens is 202 g/mol. The summed E-state index contributed by atoms with van der Waals surface area (Å²) >= 11 is 0.